The fourth-order valence-electron chi connectivity index (χ4n) is 2.75. The molecule has 1 fully saturated rings. The molecule has 0 unspecified atom stereocenters. The van der Waals surface area contributed by atoms with Gasteiger partial charge in [-0.25, -0.2) is 4.98 Å². The minimum atomic E-state index is 0.696. The van der Waals surface area contributed by atoms with E-state index in [0.717, 1.165) is 25.7 Å². The minimum Gasteiger partial charge on any atom is -0.345 e. The van der Waals surface area contributed by atoms with Gasteiger partial charge in [0.15, 0.2) is 5.13 Å². The first-order valence-corrected chi connectivity index (χ1v) is 8.44. The SMILES string of the molecule is CCNCc1cnc(N(CC(C)C)C2CCCC2)s1. The second-order valence-corrected chi connectivity index (χ2v) is 6.97. The summed E-state index contributed by atoms with van der Waals surface area (Å²) in [6.07, 6.45) is 7.50. The van der Waals surface area contributed by atoms with E-state index < -0.39 is 0 Å². The molecule has 2 rings (SSSR count). The van der Waals surface area contributed by atoms with Crippen molar-refractivity contribution in [1.29, 1.82) is 0 Å². The van der Waals surface area contributed by atoms with E-state index in [4.69, 9.17) is 0 Å². The van der Waals surface area contributed by atoms with Crippen LogP contribution in [0.15, 0.2) is 6.20 Å². The van der Waals surface area contributed by atoms with E-state index in [9.17, 15) is 0 Å². The van der Waals surface area contributed by atoms with Gasteiger partial charge in [-0.05, 0) is 25.3 Å². The highest BCUT2D eigenvalue weighted by atomic mass is 32.1. The Kier molecular flexibility index (Phi) is 5.64. The molecule has 0 aliphatic heterocycles. The van der Waals surface area contributed by atoms with Crippen LogP contribution < -0.4 is 10.2 Å². The van der Waals surface area contributed by atoms with Crippen LogP contribution >= 0.6 is 11.3 Å². The molecule has 1 aromatic rings. The molecule has 1 aliphatic rings. The van der Waals surface area contributed by atoms with Gasteiger partial charge in [-0.1, -0.05) is 33.6 Å². The zero-order chi connectivity index (χ0) is 13.7. The monoisotopic (exact) mass is 281 g/mol. The van der Waals surface area contributed by atoms with Crippen LogP contribution in [0.25, 0.3) is 0 Å². The molecule has 0 spiro atoms. The highest BCUT2D eigenvalue weighted by molar-refractivity contribution is 7.15. The van der Waals surface area contributed by atoms with Crippen LogP contribution in [-0.4, -0.2) is 24.1 Å². The van der Waals surface area contributed by atoms with Crippen LogP contribution in [0, 0.1) is 5.92 Å². The quantitative estimate of drug-likeness (QED) is 0.827. The first-order valence-electron chi connectivity index (χ1n) is 7.62. The molecule has 1 heterocycles. The van der Waals surface area contributed by atoms with Gasteiger partial charge >= 0.3 is 0 Å². The average molecular weight is 281 g/mol. The standard InChI is InChI=1S/C15H27N3S/c1-4-16-9-14-10-17-15(19-14)18(11-12(2)3)13-7-5-6-8-13/h10,12-13,16H,4-9,11H2,1-3H3. The number of rotatable bonds is 7. The second kappa shape index (κ2) is 7.25. The fourth-order valence-corrected chi connectivity index (χ4v) is 3.71. The predicted molar refractivity (Wildman–Crippen MR) is 83.9 cm³/mol. The van der Waals surface area contributed by atoms with Gasteiger partial charge in [-0.15, -0.1) is 11.3 Å². The topological polar surface area (TPSA) is 28.2 Å². The van der Waals surface area contributed by atoms with Gasteiger partial charge in [0, 0.05) is 30.2 Å². The van der Waals surface area contributed by atoms with Gasteiger partial charge in [0.05, 0.1) is 0 Å². The maximum atomic E-state index is 4.67. The van der Waals surface area contributed by atoms with Crippen molar-refractivity contribution < 1.29 is 0 Å². The van der Waals surface area contributed by atoms with E-state index in [1.807, 2.05) is 17.5 Å². The third kappa shape index (κ3) is 4.18. The van der Waals surface area contributed by atoms with Crippen molar-refractivity contribution in [2.45, 2.75) is 59.0 Å². The zero-order valence-corrected chi connectivity index (χ0v) is 13.3. The summed E-state index contributed by atoms with van der Waals surface area (Å²) in [5.74, 6) is 0.696. The van der Waals surface area contributed by atoms with Gasteiger partial charge in [0.2, 0.25) is 0 Å². The molecule has 1 aliphatic carbocycles. The highest BCUT2D eigenvalue weighted by Crippen LogP contribution is 2.31. The van der Waals surface area contributed by atoms with E-state index in [1.54, 1.807) is 0 Å². The molecular formula is C15H27N3S. The summed E-state index contributed by atoms with van der Waals surface area (Å²) in [4.78, 5) is 8.59. The highest BCUT2D eigenvalue weighted by Gasteiger charge is 2.25. The Hall–Kier alpha value is -0.610. The Balaban J connectivity index is 2.05. The Morgan fingerprint density at radius 1 is 1.42 bits per heavy atom. The predicted octanol–water partition coefficient (Wildman–Crippen LogP) is 3.66. The van der Waals surface area contributed by atoms with Crippen LogP contribution in [0.5, 0.6) is 0 Å². The molecule has 1 aromatic heterocycles. The van der Waals surface area contributed by atoms with E-state index in [0.29, 0.717) is 5.92 Å². The summed E-state index contributed by atoms with van der Waals surface area (Å²) in [7, 11) is 0. The number of nitrogens with zero attached hydrogens (tertiary/aromatic N) is 2. The Bertz CT molecular complexity index is 369. The minimum absolute atomic E-state index is 0.696. The van der Waals surface area contributed by atoms with Crippen molar-refractivity contribution in [3.63, 3.8) is 0 Å². The zero-order valence-electron chi connectivity index (χ0n) is 12.5. The van der Waals surface area contributed by atoms with Crippen LogP contribution in [0.4, 0.5) is 5.13 Å². The number of hydrogen-bond donors (Lipinski definition) is 1. The van der Waals surface area contributed by atoms with E-state index >= 15 is 0 Å². The lowest BCUT2D eigenvalue weighted by Gasteiger charge is -2.30. The van der Waals surface area contributed by atoms with Crippen molar-refractivity contribution in [2.24, 2.45) is 5.92 Å². The molecule has 1 N–H and O–H groups in total. The van der Waals surface area contributed by atoms with Crippen LogP contribution in [0.3, 0.4) is 0 Å². The number of aromatic nitrogens is 1. The molecule has 1 saturated carbocycles. The van der Waals surface area contributed by atoms with Gasteiger partial charge in [0.25, 0.3) is 0 Å². The van der Waals surface area contributed by atoms with E-state index in [2.05, 4.69) is 36.0 Å². The fraction of sp³-hybridized carbons (Fsp3) is 0.800. The summed E-state index contributed by atoms with van der Waals surface area (Å²) in [5, 5.41) is 4.61. The maximum absolute atomic E-state index is 4.67. The van der Waals surface area contributed by atoms with Gasteiger partial charge in [0.1, 0.15) is 0 Å². The van der Waals surface area contributed by atoms with E-state index in [1.165, 1.54) is 35.7 Å². The van der Waals surface area contributed by atoms with Crippen molar-refractivity contribution >= 4 is 16.5 Å². The molecule has 0 aromatic carbocycles. The van der Waals surface area contributed by atoms with Crippen molar-refractivity contribution in [2.75, 3.05) is 18.0 Å². The maximum Gasteiger partial charge on any atom is 0.185 e. The number of hydrogen-bond acceptors (Lipinski definition) is 4. The number of thiazole rings is 1. The molecule has 4 heteroatoms. The molecule has 0 bridgehead atoms. The molecule has 108 valence electrons. The van der Waals surface area contributed by atoms with Crippen molar-refractivity contribution in [3.8, 4) is 0 Å². The van der Waals surface area contributed by atoms with E-state index in [-0.39, 0.29) is 0 Å². The molecule has 19 heavy (non-hydrogen) atoms. The summed E-state index contributed by atoms with van der Waals surface area (Å²) in [6, 6.07) is 0.723. The largest absolute Gasteiger partial charge is 0.345 e. The second-order valence-electron chi connectivity index (χ2n) is 5.87. The van der Waals surface area contributed by atoms with Gasteiger partial charge < -0.3 is 10.2 Å². The molecule has 0 radical (unpaired) electrons. The number of anilines is 1. The lowest BCUT2D eigenvalue weighted by atomic mass is 10.1. The van der Waals surface area contributed by atoms with Crippen LogP contribution in [0.1, 0.15) is 51.3 Å². The third-order valence-corrected chi connectivity index (χ3v) is 4.70. The van der Waals surface area contributed by atoms with Crippen LogP contribution in [-0.2, 0) is 6.54 Å². The Morgan fingerprint density at radius 3 is 2.79 bits per heavy atom. The lowest BCUT2D eigenvalue weighted by Crippen LogP contribution is -2.36. The Labute approximate surface area is 121 Å². The molecule has 0 atom stereocenters. The number of nitrogens with one attached hydrogen (secondary N) is 1. The van der Waals surface area contributed by atoms with Crippen molar-refractivity contribution in [1.82, 2.24) is 10.3 Å². The summed E-state index contributed by atoms with van der Waals surface area (Å²) < 4.78 is 0. The molecule has 0 amide bonds. The third-order valence-electron chi connectivity index (χ3n) is 3.66. The molecule has 3 nitrogen and oxygen atoms in total. The normalized spacial score (nSPS) is 16.4. The Morgan fingerprint density at radius 2 is 2.16 bits per heavy atom. The first kappa shape index (κ1) is 14.8. The summed E-state index contributed by atoms with van der Waals surface area (Å²) in [6.45, 7) is 9.86. The van der Waals surface area contributed by atoms with Gasteiger partial charge in [-0.3, -0.25) is 0 Å². The van der Waals surface area contributed by atoms with Gasteiger partial charge in [-0.2, -0.15) is 0 Å². The first-order chi connectivity index (χ1) is 9.20. The smallest absolute Gasteiger partial charge is 0.185 e. The molecular weight excluding hydrogens is 254 g/mol. The summed E-state index contributed by atoms with van der Waals surface area (Å²) in [5.41, 5.74) is 0. The van der Waals surface area contributed by atoms with Crippen molar-refractivity contribution in [3.05, 3.63) is 11.1 Å². The summed E-state index contributed by atoms with van der Waals surface area (Å²) >= 11 is 1.86. The lowest BCUT2D eigenvalue weighted by molar-refractivity contribution is 0.535. The molecule has 0 saturated heterocycles. The van der Waals surface area contributed by atoms with Crippen LogP contribution in [0.2, 0.25) is 0 Å². The average Bonchev–Trinajstić information content (AvgIpc) is 3.04.